The third kappa shape index (κ3) is 2.53. The van der Waals surface area contributed by atoms with Gasteiger partial charge in [-0.25, -0.2) is 0 Å². The zero-order valence-corrected chi connectivity index (χ0v) is 13.3. The van der Waals surface area contributed by atoms with Crippen molar-refractivity contribution in [1.82, 2.24) is 4.90 Å². The van der Waals surface area contributed by atoms with Crippen LogP contribution in [0, 0.1) is 11.8 Å². The number of likely N-dealkylation sites (tertiary alicyclic amines) is 1. The van der Waals surface area contributed by atoms with Crippen molar-refractivity contribution in [2.75, 3.05) is 24.5 Å². The minimum absolute atomic E-state index is 0.0695. The van der Waals surface area contributed by atoms with E-state index in [0.29, 0.717) is 23.8 Å². The number of benzene rings is 1. The van der Waals surface area contributed by atoms with Crippen molar-refractivity contribution in [3.05, 3.63) is 29.8 Å². The van der Waals surface area contributed by atoms with Crippen LogP contribution in [-0.2, 0) is 4.79 Å². The van der Waals surface area contributed by atoms with Gasteiger partial charge in [-0.15, -0.1) is 0 Å². The molecule has 3 fully saturated rings. The van der Waals surface area contributed by atoms with Crippen molar-refractivity contribution in [2.24, 2.45) is 17.6 Å². The maximum atomic E-state index is 12.8. The van der Waals surface area contributed by atoms with Crippen LogP contribution in [0.4, 0.5) is 5.69 Å². The lowest BCUT2D eigenvalue weighted by Crippen LogP contribution is -2.33. The van der Waals surface area contributed by atoms with E-state index in [9.17, 15) is 9.59 Å². The Kier molecular flexibility index (Phi) is 3.60. The maximum absolute atomic E-state index is 12.8. The number of nitrogens with two attached hydrogens (primary N) is 1. The number of hydrogen-bond acceptors (Lipinski definition) is 3. The van der Waals surface area contributed by atoms with Crippen molar-refractivity contribution in [2.45, 2.75) is 31.7 Å². The highest BCUT2D eigenvalue weighted by atomic mass is 16.2. The second-order valence-corrected chi connectivity index (χ2v) is 7.07. The van der Waals surface area contributed by atoms with E-state index in [-0.39, 0.29) is 17.9 Å². The largest absolute Gasteiger partial charge is 0.338 e. The normalized spacial score (nSPS) is 30.1. The van der Waals surface area contributed by atoms with Crippen LogP contribution in [0.15, 0.2) is 24.3 Å². The van der Waals surface area contributed by atoms with Crippen LogP contribution in [0.1, 0.15) is 36.0 Å². The Hall–Kier alpha value is -1.88. The second-order valence-electron chi connectivity index (χ2n) is 7.07. The molecular formula is C18H23N3O2. The fraction of sp³-hybridized carbons (Fsp3) is 0.556. The Bertz CT molecular complexity index is 645. The van der Waals surface area contributed by atoms with E-state index >= 15 is 0 Å². The van der Waals surface area contributed by atoms with E-state index in [1.165, 1.54) is 0 Å². The Balaban J connectivity index is 1.52. The molecule has 1 aliphatic carbocycles. The SMILES string of the molecule is NC1CCC2CN(C(=O)c3cccc(N4CCCC4=O)c3)CC12. The summed E-state index contributed by atoms with van der Waals surface area (Å²) >= 11 is 0. The first kappa shape index (κ1) is 14.7. The van der Waals surface area contributed by atoms with Gasteiger partial charge in [-0.1, -0.05) is 6.07 Å². The molecule has 3 atom stereocenters. The molecule has 3 aliphatic rings. The fourth-order valence-electron chi connectivity index (χ4n) is 4.38. The predicted molar refractivity (Wildman–Crippen MR) is 88.1 cm³/mol. The van der Waals surface area contributed by atoms with Gasteiger partial charge in [0, 0.05) is 43.3 Å². The van der Waals surface area contributed by atoms with Gasteiger partial charge in [0.25, 0.3) is 5.91 Å². The lowest BCUT2D eigenvalue weighted by Gasteiger charge is -2.20. The Morgan fingerprint density at radius 3 is 2.83 bits per heavy atom. The Morgan fingerprint density at radius 1 is 1.22 bits per heavy atom. The van der Waals surface area contributed by atoms with E-state index in [4.69, 9.17) is 5.73 Å². The van der Waals surface area contributed by atoms with Crippen LogP contribution in [0.2, 0.25) is 0 Å². The van der Waals surface area contributed by atoms with Crippen LogP contribution in [0.3, 0.4) is 0 Å². The zero-order chi connectivity index (χ0) is 16.0. The predicted octanol–water partition coefficient (Wildman–Crippen LogP) is 1.62. The first-order valence-electron chi connectivity index (χ1n) is 8.59. The molecule has 23 heavy (non-hydrogen) atoms. The summed E-state index contributed by atoms with van der Waals surface area (Å²) in [7, 11) is 0. The van der Waals surface area contributed by atoms with Gasteiger partial charge in [-0.3, -0.25) is 9.59 Å². The highest BCUT2D eigenvalue weighted by Gasteiger charge is 2.42. The smallest absolute Gasteiger partial charge is 0.253 e. The first-order chi connectivity index (χ1) is 11.1. The number of anilines is 1. The number of hydrogen-bond donors (Lipinski definition) is 1. The first-order valence-corrected chi connectivity index (χ1v) is 8.59. The summed E-state index contributed by atoms with van der Waals surface area (Å²) in [5, 5.41) is 0. The molecule has 0 bridgehead atoms. The van der Waals surface area contributed by atoms with Crippen LogP contribution >= 0.6 is 0 Å². The van der Waals surface area contributed by atoms with E-state index in [1.54, 1.807) is 4.90 Å². The van der Waals surface area contributed by atoms with Gasteiger partial charge in [0.15, 0.2) is 0 Å². The van der Waals surface area contributed by atoms with Gasteiger partial charge in [0.2, 0.25) is 5.91 Å². The Labute approximate surface area is 136 Å². The van der Waals surface area contributed by atoms with E-state index in [0.717, 1.165) is 44.6 Å². The summed E-state index contributed by atoms with van der Waals surface area (Å²) in [4.78, 5) is 28.4. The summed E-state index contributed by atoms with van der Waals surface area (Å²) in [5.41, 5.74) is 7.68. The number of nitrogens with zero attached hydrogens (tertiary/aromatic N) is 2. The van der Waals surface area contributed by atoms with Crippen molar-refractivity contribution in [1.29, 1.82) is 0 Å². The highest BCUT2D eigenvalue weighted by Crippen LogP contribution is 2.37. The van der Waals surface area contributed by atoms with Crippen LogP contribution in [0.5, 0.6) is 0 Å². The summed E-state index contributed by atoms with van der Waals surface area (Å²) in [6.45, 7) is 2.35. The molecule has 2 N–H and O–H groups in total. The molecular weight excluding hydrogens is 290 g/mol. The summed E-state index contributed by atoms with van der Waals surface area (Å²) < 4.78 is 0. The minimum atomic E-state index is 0.0695. The van der Waals surface area contributed by atoms with Gasteiger partial charge in [-0.2, -0.15) is 0 Å². The molecule has 3 unspecified atom stereocenters. The molecule has 1 aromatic rings. The van der Waals surface area contributed by atoms with Crippen molar-refractivity contribution >= 4 is 17.5 Å². The molecule has 4 rings (SSSR count). The van der Waals surface area contributed by atoms with Gasteiger partial charge < -0.3 is 15.5 Å². The van der Waals surface area contributed by atoms with Gasteiger partial charge in [-0.05, 0) is 49.3 Å². The molecule has 0 radical (unpaired) electrons. The van der Waals surface area contributed by atoms with Crippen molar-refractivity contribution < 1.29 is 9.59 Å². The molecule has 1 saturated carbocycles. The van der Waals surface area contributed by atoms with E-state index in [1.807, 2.05) is 29.2 Å². The van der Waals surface area contributed by atoms with E-state index in [2.05, 4.69) is 0 Å². The number of rotatable bonds is 2. The van der Waals surface area contributed by atoms with Crippen LogP contribution in [0.25, 0.3) is 0 Å². The summed E-state index contributed by atoms with van der Waals surface area (Å²) in [6, 6.07) is 7.73. The lowest BCUT2D eigenvalue weighted by molar-refractivity contribution is -0.117. The minimum Gasteiger partial charge on any atom is -0.338 e. The van der Waals surface area contributed by atoms with E-state index < -0.39 is 0 Å². The molecule has 5 nitrogen and oxygen atoms in total. The maximum Gasteiger partial charge on any atom is 0.253 e. The number of carbonyl (C=O) groups excluding carboxylic acids is 2. The average molecular weight is 313 g/mol. The van der Waals surface area contributed by atoms with Crippen LogP contribution < -0.4 is 10.6 Å². The Morgan fingerprint density at radius 2 is 2.09 bits per heavy atom. The number of carbonyl (C=O) groups is 2. The number of amides is 2. The summed E-state index contributed by atoms with van der Waals surface area (Å²) in [6.07, 6.45) is 3.72. The van der Waals surface area contributed by atoms with Gasteiger partial charge in [0.1, 0.15) is 0 Å². The second kappa shape index (κ2) is 5.64. The molecule has 122 valence electrons. The molecule has 2 aliphatic heterocycles. The van der Waals surface area contributed by atoms with Crippen molar-refractivity contribution in [3.63, 3.8) is 0 Å². The molecule has 5 heteroatoms. The molecule has 2 amide bonds. The van der Waals surface area contributed by atoms with Gasteiger partial charge in [0.05, 0.1) is 0 Å². The average Bonchev–Trinajstić information content (AvgIpc) is 3.25. The summed E-state index contributed by atoms with van der Waals surface area (Å²) in [5.74, 6) is 1.25. The van der Waals surface area contributed by atoms with Crippen molar-refractivity contribution in [3.8, 4) is 0 Å². The molecule has 0 aromatic heterocycles. The standard InChI is InChI=1S/C18H23N3O2/c19-16-7-6-13-10-20(11-15(13)16)18(23)12-3-1-4-14(9-12)21-8-2-5-17(21)22/h1,3-4,9,13,15-16H,2,5-8,10-11,19H2. The highest BCUT2D eigenvalue weighted by molar-refractivity contribution is 5.99. The topological polar surface area (TPSA) is 66.6 Å². The molecule has 2 heterocycles. The zero-order valence-electron chi connectivity index (χ0n) is 13.3. The fourth-order valence-corrected chi connectivity index (χ4v) is 4.38. The monoisotopic (exact) mass is 313 g/mol. The third-order valence-electron chi connectivity index (χ3n) is 5.68. The number of fused-ring (bicyclic) bond motifs is 1. The third-order valence-corrected chi connectivity index (χ3v) is 5.68. The van der Waals surface area contributed by atoms with Gasteiger partial charge >= 0.3 is 0 Å². The lowest BCUT2D eigenvalue weighted by atomic mass is 9.98. The molecule has 2 saturated heterocycles. The quantitative estimate of drug-likeness (QED) is 0.902. The van der Waals surface area contributed by atoms with Crippen LogP contribution in [-0.4, -0.2) is 42.4 Å². The molecule has 1 aromatic carbocycles. The molecule has 0 spiro atoms.